The third-order valence-electron chi connectivity index (χ3n) is 7.69. The van der Waals surface area contributed by atoms with Gasteiger partial charge in [-0.15, -0.1) is 0 Å². The van der Waals surface area contributed by atoms with Gasteiger partial charge < -0.3 is 28.8 Å². The molecule has 0 fully saturated rings. The quantitative estimate of drug-likeness (QED) is 0.0394. The van der Waals surface area contributed by atoms with E-state index in [0.29, 0.717) is 19.3 Å². The minimum atomic E-state index is -4.27. The molecule has 1 atom stereocenters. The first kappa shape index (κ1) is 41.2. The van der Waals surface area contributed by atoms with Crippen molar-refractivity contribution in [3.05, 3.63) is 71.8 Å². The maximum Gasteiger partial charge on any atom is 0.508 e. The molecule has 1 unspecified atom stereocenters. The highest BCUT2D eigenvalue weighted by atomic mass is 31.2. The van der Waals surface area contributed by atoms with E-state index < -0.39 is 32.1 Å². The van der Waals surface area contributed by atoms with Gasteiger partial charge in [0.1, 0.15) is 6.04 Å². The average Bonchev–Trinajstić information content (AvgIpc) is 3.09. The first-order valence-electron chi connectivity index (χ1n) is 16.6. The molecular formula is C34H50N3O11P. The van der Waals surface area contributed by atoms with Crippen molar-refractivity contribution in [1.29, 1.82) is 5.41 Å². The van der Waals surface area contributed by atoms with Crippen molar-refractivity contribution >= 4 is 32.0 Å². The largest absolute Gasteiger partial charge is 0.544 e. The third kappa shape index (κ3) is 15.0. The second-order valence-electron chi connectivity index (χ2n) is 11.0. The van der Waals surface area contributed by atoms with Crippen LogP contribution in [0.3, 0.4) is 0 Å². The molecule has 0 heterocycles. The lowest BCUT2D eigenvalue weighted by Gasteiger charge is -2.43. The van der Waals surface area contributed by atoms with Crippen LogP contribution < -0.4 is 10.2 Å². The lowest BCUT2D eigenvalue weighted by atomic mass is 10.1. The highest BCUT2D eigenvalue weighted by Gasteiger charge is 2.43. The van der Waals surface area contributed by atoms with Crippen LogP contribution in [0, 0.1) is 5.41 Å². The van der Waals surface area contributed by atoms with Gasteiger partial charge in [-0.2, -0.15) is 0 Å². The van der Waals surface area contributed by atoms with Crippen LogP contribution in [0.1, 0.15) is 57.6 Å². The zero-order valence-corrected chi connectivity index (χ0v) is 29.5. The maximum absolute atomic E-state index is 13.9. The van der Waals surface area contributed by atoms with Crippen molar-refractivity contribution in [3.8, 4) is 0 Å². The van der Waals surface area contributed by atoms with E-state index in [0.717, 1.165) is 11.1 Å². The molecule has 2 rings (SSSR count). The topological polar surface area (TPSA) is 183 Å². The van der Waals surface area contributed by atoms with E-state index in [9.17, 15) is 24.1 Å². The van der Waals surface area contributed by atoms with Gasteiger partial charge >= 0.3 is 26.0 Å². The van der Waals surface area contributed by atoms with Crippen molar-refractivity contribution in [2.24, 2.45) is 0 Å². The smallest absolute Gasteiger partial charge is 0.508 e. The predicted molar refractivity (Wildman–Crippen MR) is 180 cm³/mol. The minimum Gasteiger partial charge on any atom is -0.544 e. The third-order valence-corrected chi connectivity index (χ3v) is 9.22. The molecule has 2 N–H and O–H groups in total. The van der Waals surface area contributed by atoms with E-state index in [4.69, 9.17) is 33.4 Å². The Balaban J connectivity index is 1.91. The molecule has 0 bridgehead atoms. The summed E-state index contributed by atoms with van der Waals surface area (Å²) in [4.78, 5) is 36.0. The summed E-state index contributed by atoms with van der Waals surface area (Å²) < 4.78 is 44.9. The molecule has 0 aliphatic carbocycles. The van der Waals surface area contributed by atoms with Crippen LogP contribution in [0.25, 0.3) is 0 Å². The fourth-order valence-corrected chi connectivity index (χ4v) is 6.38. The second-order valence-corrected chi connectivity index (χ2v) is 12.7. The Morgan fingerprint density at radius 1 is 0.735 bits per heavy atom. The van der Waals surface area contributed by atoms with Crippen LogP contribution in [0.5, 0.6) is 0 Å². The van der Waals surface area contributed by atoms with Gasteiger partial charge in [0.15, 0.2) is 0 Å². The highest BCUT2D eigenvalue weighted by molar-refractivity contribution is 7.52. The summed E-state index contributed by atoms with van der Waals surface area (Å²) in [7, 11) is -4.27. The molecule has 0 amide bonds. The average molecular weight is 708 g/mol. The van der Waals surface area contributed by atoms with Crippen LogP contribution in [0.2, 0.25) is 0 Å². The molecule has 14 nitrogen and oxygen atoms in total. The minimum absolute atomic E-state index is 0.102. The number of carboxylic acids is 1. The number of carboxylic acid groups (broad SMARTS) is 1. The van der Waals surface area contributed by atoms with E-state index in [1.54, 1.807) is 13.8 Å². The number of nitrogens with one attached hydrogen (secondary N) is 2. The molecule has 272 valence electrons. The Morgan fingerprint density at radius 2 is 1.16 bits per heavy atom. The van der Waals surface area contributed by atoms with Crippen LogP contribution >= 0.6 is 7.75 Å². The fraction of sp³-hybridized carbons (Fsp3) is 0.529. The molecule has 0 aliphatic rings. The van der Waals surface area contributed by atoms with E-state index in [2.05, 4.69) is 5.09 Å². The van der Waals surface area contributed by atoms with E-state index in [1.807, 2.05) is 67.6 Å². The first-order valence-corrected chi connectivity index (χ1v) is 18.1. The summed E-state index contributed by atoms with van der Waals surface area (Å²) in [5.74, 6) is -1.69. The van der Waals surface area contributed by atoms with Crippen LogP contribution in [-0.2, 0) is 50.2 Å². The molecular weight excluding hydrogens is 657 g/mol. The van der Waals surface area contributed by atoms with Gasteiger partial charge in [-0.1, -0.05) is 74.0 Å². The summed E-state index contributed by atoms with van der Waals surface area (Å²) in [6, 6.07) is 18.0. The van der Waals surface area contributed by atoms with Gasteiger partial charge in [0.25, 0.3) is 0 Å². The zero-order chi connectivity index (χ0) is 36.0. The molecule has 0 aliphatic heterocycles. The van der Waals surface area contributed by atoms with E-state index in [1.165, 1.54) is 0 Å². The summed E-state index contributed by atoms with van der Waals surface area (Å²) in [5.41, 5.74) is 2.02. The number of carbonyl (C=O) groups excluding carboxylic acids is 3. The number of aliphatic carboxylic acids is 1. The number of rotatable bonds is 23. The number of carbonyl (C=O) groups is 3. The fourth-order valence-electron chi connectivity index (χ4n) is 4.98. The molecule has 0 saturated carbocycles. The van der Waals surface area contributed by atoms with Crippen LogP contribution in [0.15, 0.2) is 60.7 Å². The summed E-state index contributed by atoms with van der Waals surface area (Å²) in [5, 5.41) is 23.5. The second kappa shape index (κ2) is 22.6. The number of likely N-dealkylation sites (N-methyl/N-ethyl adjacent to an activating group) is 1. The molecule has 2 aromatic carbocycles. The number of guanidine groups is 1. The SMILES string of the molecule is CCCC(C(=O)[O-])[N+](CC)(CC)C(=N)NP(=O)(OCCCOC(=O)OCCc1ccccc1)OCCCOC(=O)OCCc1ccccc1. The van der Waals surface area contributed by atoms with Gasteiger partial charge in [-0.05, 0) is 25.0 Å². The van der Waals surface area contributed by atoms with Crippen molar-refractivity contribution in [2.45, 2.75) is 65.3 Å². The van der Waals surface area contributed by atoms with Crippen LogP contribution in [-0.4, -0.2) is 87.5 Å². The number of benzene rings is 2. The zero-order valence-electron chi connectivity index (χ0n) is 28.6. The Kier molecular flexibility index (Phi) is 19.0. The Labute approximate surface area is 288 Å². The standard InChI is InChI=1S/C34H50N3O11P/c1-4-15-30(31(38)39)37(5-2,6-3)32(35)36-49(42,47-24-13-22-43-33(40)45-26-20-28-16-9-7-10-17-28)48-25-14-23-44-34(41)46-27-21-29-18-11-8-12-19-29/h7-12,16-19,30H,4-6,13-15,20-27H2,1-3H3,(H2-,35,36,38,39,42). The van der Waals surface area contributed by atoms with Gasteiger partial charge in [-0.3, -0.25) is 13.5 Å². The van der Waals surface area contributed by atoms with Crippen molar-refractivity contribution in [1.82, 2.24) is 5.09 Å². The van der Waals surface area contributed by atoms with Gasteiger partial charge in [0.05, 0.1) is 58.7 Å². The number of hydrogen-bond acceptors (Lipinski definition) is 12. The van der Waals surface area contributed by atoms with Crippen molar-refractivity contribution in [3.63, 3.8) is 0 Å². The van der Waals surface area contributed by atoms with E-state index >= 15 is 0 Å². The Morgan fingerprint density at radius 3 is 1.55 bits per heavy atom. The van der Waals surface area contributed by atoms with E-state index in [-0.39, 0.29) is 82.4 Å². The Hall–Kier alpha value is -3.97. The lowest BCUT2D eigenvalue weighted by molar-refractivity contribution is -0.860. The van der Waals surface area contributed by atoms with Gasteiger partial charge in [-0.25, -0.2) is 24.7 Å². The highest BCUT2D eigenvalue weighted by Crippen LogP contribution is 2.44. The summed E-state index contributed by atoms with van der Waals surface area (Å²) in [6.45, 7) is 5.35. The molecule has 49 heavy (non-hydrogen) atoms. The number of nitrogens with zero attached hydrogens (tertiary/aromatic N) is 1. The lowest BCUT2D eigenvalue weighted by Crippen LogP contribution is -2.67. The molecule has 15 heteroatoms. The number of ether oxygens (including phenoxy) is 4. The first-order chi connectivity index (χ1) is 23.6. The van der Waals surface area contributed by atoms with Gasteiger partial charge in [0, 0.05) is 32.1 Å². The normalized spacial score (nSPS) is 12.1. The van der Waals surface area contributed by atoms with Gasteiger partial charge in [0.2, 0.25) is 0 Å². The monoisotopic (exact) mass is 707 g/mol. The van der Waals surface area contributed by atoms with Crippen LogP contribution in [0.4, 0.5) is 9.59 Å². The molecule has 0 aromatic heterocycles. The molecule has 0 saturated heterocycles. The summed E-state index contributed by atoms with van der Waals surface area (Å²) >= 11 is 0. The molecule has 0 radical (unpaired) electrons. The Bertz CT molecular complexity index is 1260. The van der Waals surface area contributed by atoms with Crippen molar-refractivity contribution < 1.29 is 56.5 Å². The summed E-state index contributed by atoms with van der Waals surface area (Å²) in [6.07, 6.45) is 0.351. The molecule has 2 aromatic rings. The maximum atomic E-state index is 13.9. The predicted octanol–water partition coefficient (Wildman–Crippen LogP) is 5.00. The number of hydrogen-bond donors (Lipinski definition) is 2. The van der Waals surface area contributed by atoms with Crippen molar-refractivity contribution in [2.75, 3.05) is 52.7 Å². The molecule has 0 spiro atoms. The number of quaternary nitrogens is 1.